The number of hydrogen-bond acceptors (Lipinski definition) is 3. The van der Waals surface area contributed by atoms with Gasteiger partial charge in [-0.15, -0.1) is 0 Å². The zero-order valence-corrected chi connectivity index (χ0v) is 10.8. The van der Waals surface area contributed by atoms with Crippen molar-refractivity contribution in [3.63, 3.8) is 0 Å². The maximum absolute atomic E-state index is 5.84. The van der Waals surface area contributed by atoms with E-state index in [0.717, 1.165) is 22.7 Å². The lowest BCUT2D eigenvalue weighted by Gasteiger charge is -1.97. The lowest BCUT2D eigenvalue weighted by Crippen LogP contribution is -1.77. The molecule has 0 aliphatic carbocycles. The van der Waals surface area contributed by atoms with Gasteiger partial charge >= 0.3 is 0 Å². The number of nitrogens with one attached hydrogen (secondary N) is 2. The Morgan fingerprint density at radius 3 is 2.80 bits per heavy atom. The summed E-state index contributed by atoms with van der Waals surface area (Å²) in [6, 6.07) is 12.1. The molecule has 0 aliphatic heterocycles. The van der Waals surface area contributed by atoms with E-state index in [1.807, 2.05) is 37.4 Å². The van der Waals surface area contributed by atoms with Crippen LogP contribution in [0.3, 0.4) is 0 Å². The van der Waals surface area contributed by atoms with Gasteiger partial charge in [0.25, 0.3) is 0 Å². The highest BCUT2D eigenvalue weighted by molar-refractivity contribution is 5.84. The smallest absolute Gasteiger partial charge is 0.216 e. The Balaban J connectivity index is 1.77. The molecule has 0 unspecified atom stereocenters. The quantitative estimate of drug-likeness (QED) is 0.582. The van der Waals surface area contributed by atoms with Crippen molar-refractivity contribution in [1.82, 2.24) is 20.2 Å². The molecule has 0 spiro atoms. The summed E-state index contributed by atoms with van der Waals surface area (Å²) in [7, 11) is 0. The van der Waals surface area contributed by atoms with E-state index in [9.17, 15) is 0 Å². The molecule has 3 heterocycles. The van der Waals surface area contributed by atoms with Gasteiger partial charge in [0.2, 0.25) is 5.82 Å². The predicted octanol–water partition coefficient (Wildman–Crippen LogP) is 3.52. The van der Waals surface area contributed by atoms with Crippen LogP contribution in [0.1, 0.15) is 5.82 Å². The Kier molecular flexibility index (Phi) is 2.26. The number of benzene rings is 1. The monoisotopic (exact) mass is 264 g/mol. The zero-order valence-electron chi connectivity index (χ0n) is 10.8. The Hall–Kier alpha value is -2.82. The van der Waals surface area contributed by atoms with Crippen LogP contribution in [0.5, 0.6) is 0 Å². The largest absolute Gasteiger partial charge is 0.453 e. The van der Waals surface area contributed by atoms with Gasteiger partial charge in [-0.1, -0.05) is 12.1 Å². The summed E-state index contributed by atoms with van der Waals surface area (Å²) in [5, 5.41) is 8.09. The average Bonchev–Trinajstić information content (AvgIpc) is 3.17. The molecule has 3 aromatic heterocycles. The maximum Gasteiger partial charge on any atom is 0.216 e. The highest BCUT2D eigenvalue weighted by Crippen LogP contribution is 2.28. The van der Waals surface area contributed by atoms with Crippen LogP contribution in [0.15, 0.2) is 47.0 Å². The van der Waals surface area contributed by atoms with Gasteiger partial charge in [0.1, 0.15) is 11.6 Å². The zero-order chi connectivity index (χ0) is 13.5. The molecule has 20 heavy (non-hydrogen) atoms. The van der Waals surface area contributed by atoms with Crippen LogP contribution in [-0.4, -0.2) is 20.2 Å². The van der Waals surface area contributed by atoms with E-state index in [4.69, 9.17) is 4.42 Å². The summed E-state index contributed by atoms with van der Waals surface area (Å²) in [6.45, 7) is 1.86. The second-order valence-corrected chi connectivity index (χ2v) is 4.69. The molecule has 0 amide bonds. The molecule has 0 fully saturated rings. The minimum atomic E-state index is 0.578. The van der Waals surface area contributed by atoms with Gasteiger partial charge < -0.3 is 9.40 Å². The van der Waals surface area contributed by atoms with Crippen LogP contribution in [0, 0.1) is 6.92 Å². The summed E-state index contributed by atoms with van der Waals surface area (Å²) in [5.74, 6) is 2.82. The van der Waals surface area contributed by atoms with Crippen LogP contribution in [-0.2, 0) is 0 Å². The summed E-state index contributed by atoms with van der Waals surface area (Å²) < 4.78 is 5.84. The first-order chi connectivity index (χ1) is 9.79. The predicted molar refractivity (Wildman–Crippen MR) is 76.1 cm³/mol. The van der Waals surface area contributed by atoms with Crippen molar-refractivity contribution in [2.24, 2.45) is 0 Å². The fourth-order valence-corrected chi connectivity index (χ4v) is 2.27. The number of rotatable bonds is 2. The van der Waals surface area contributed by atoms with Gasteiger partial charge in [0, 0.05) is 17.3 Å². The van der Waals surface area contributed by atoms with E-state index in [1.54, 1.807) is 0 Å². The first-order valence-electron chi connectivity index (χ1n) is 6.36. The molecule has 2 N–H and O–H groups in total. The van der Waals surface area contributed by atoms with Crippen molar-refractivity contribution < 1.29 is 4.42 Å². The molecule has 0 aliphatic rings. The summed E-state index contributed by atoms with van der Waals surface area (Å²) in [4.78, 5) is 7.46. The maximum atomic E-state index is 5.84. The van der Waals surface area contributed by atoms with E-state index in [2.05, 4.69) is 32.3 Å². The van der Waals surface area contributed by atoms with Crippen LogP contribution in [0.4, 0.5) is 0 Å². The molecule has 0 bridgehead atoms. The topological polar surface area (TPSA) is 70.5 Å². The van der Waals surface area contributed by atoms with E-state index < -0.39 is 0 Å². The number of H-pyrrole nitrogens is 2. The van der Waals surface area contributed by atoms with Gasteiger partial charge in [-0.25, -0.2) is 4.98 Å². The molecule has 0 saturated carbocycles. The molecule has 98 valence electrons. The minimum Gasteiger partial charge on any atom is -0.453 e. The van der Waals surface area contributed by atoms with Crippen molar-refractivity contribution in [3.8, 4) is 22.9 Å². The molecule has 4 rings (SSSR count). The van der Waals surface area contributed by atoms with E-state index >= 15 is 0 Å². The molecule has 1 aromatic carbocycles. The van der Waals surface area contributed by atoms with Crippen molar-refractivity contribution in [3.05, 3.63) is 48.4 Å². The normalized spacial score (nSPS) is 11.2. The molecule has 0 atom stereocenters. The van der Waals surface area contributed by atoms with Gasteiger partial charge in [-0.2, -0.15) is 5.10 Å². The fraction of sp³-hybridized carbons (Fsp3) is 0.0667. The lowest BCUT2D eigenvalue weighted by molar-refractivity contribution is 0.592. The van der Waals surface area contributed by atoms with Gasteiger partial charge in [0.15, 0.2) is 5.76 Å². The number of aromatic nitrogens is 4. The Labute approximate surface area is 114 Å². The fourth-order valence-electron chi connectivity index (χ4n) is 2.27. The van der Waals surface area contributed by atoms with Gasteiger partial charge in [-0.3, -0.25) is 5.10 Å². The summed E-state index contributed by atoms with van der Waals surface area (Å²) >= 11 is 0. The summed E-state index contributed by atoms with van der Waals surface area (Å²) in [6.07, 6.45) is 1.93. The number of hydrogen-bond donors (Lipinski definition) is 2. The molecule has 0 saturated heterocycles. The molecular weight excluding hydrogens is 252 g/mol. The summed E-state index contributed by atoms with van der Waals surface area (Å²) in [5.41, 5.74) is 2.12. The van der Waals surface area contributed by atoms with Crippen LogP contribution >= 0.6 is 0 Å². The van der Waals surface area contributed by atoms with Crippen molar-refractivity contribution in [2.45, 2.75) is 6.92 Å². The number of fused-ring (bicyclic) bond motifs is 1. The second-order valence-electron chi connectivity index (χ2n) is 4.69. The van der Waals surface area contributed by atoms with Crippen molar-refractivity contribution >= 4 is 10.9 Å². The number of aryl methyl sites for hydroxylation is 1. The van der Waals surface area contributed by atoms with Crippen LogP contribution in [0.25, 0.3) is 33.8 Å². The lowest BCUT2D eigenvalue weighted by atomic mass is 10.1. The van der Waals surface area contributed by atoms with E-state index in [0.29, 0.717) is 11.6 Å². The highest BCUT2D eigenvalue weighted by atomic mass is 16.3. The minimum absolute atomic E-state index is 0.578. The first kappa shape index (κ1) is 11.0. The Morgan fingerprint density at radius 1 is 1.05 bits per heavy atom. The number of furan rings is 1. The van der Waals surface area contributed by atoms with E-state index in [-0.39, 0.29) is 0 Å². The molecule has 0 radical (unpaired) electrons. The van der Waals surface area contributed by atoms with Crippen LogP contribution in [0.2, 0.25) is 0 Å². The second kappa shape index (κ2) is 4.09. The third-order valence-corrected chi connectivity index (χ3v) is 3.26. The average molecular weight is 264 g/mol. The molecule has 5 heteroatoms. The van der Waals surface area contributed by atoms with Crippen LogP contribution < -0.4 is 0 Å². The molecular formula is C15H12N4O. The molecule has 4 aromatic rings. The van der Waals surface area contributed by atoms with E-state index in [1.165, 1.54) is 5.39 Å². The standard InChI is InChI=1S/C15H12N4O/c1-9-17-15(19-18-9)14-5-4-13(20-14)11-3-2-10-6-7-16-12(10)8-11/h2-8,16H,1H3,(H,17,18,19). The first-order valence-corrected chi connectivity index (χ1v) is 6.36. The highest BCUT2D eigenvalue weighted by Gasteiger charge is 2.11. The number of aromatic amines is 2. The van der Waals surface area contributed by atoms with Gasteiger partial charge in [-0.05, 0) is 36.6 Å². The SMILES string of the molecule is Cc1nc(-c2ccc(-c3ccc4cc[nH]c4c3)o2)n[nH]1. The van der Waals surface area contributed by atoms with Gasteiger partial charge in [0.05, 0.1) is 0 Å². The third-order valence-electron chi connectivity index (χ3n) is 3.26. The Bertz CT molecular complexity index is 884. The van der Waals surface area contributed by atoms with Crippen molar-refractivity contribution in [1.29, 1.82) is 0 Å². The Morgan fingerprint density at radius 2 is 1.95 bits per heavy atom. The number of nitrogens with zero attached hydrogens (tertiary/aromatic N) is 2. The van der Waals surface area contributed by atoms with Crippen molar-refractivity contribution in [2.75, 3.05) is 0 Å². The third kappa shape index (κ3) is 1.72. The molecule has 5 nitrogen and oxygen atoms in total.